The highest BCUT2D eigenvalue weighted by Crippen LogP contribution is 2.31. The second-order valence-corrected chi connectivity index (χ2v) is 9.05. The van der Waals surface area contributed by atoms with E-state index in [1.165, 1.54) is 0 Å². The molecule has 3 aromatic rings. The number of imidazole rings is 1. The number of aromatic nitrogens is 6. The van der Waals surface area contributed by atoms with E-state index in [0.717, 1.165) is 48.8 Å². The summed E-state index contributed by atoms with van der Waals surface area (Å²) in [7, 11) is 1.97. The number of hydrogen-bond acceptors (Lipinski definition) is 7. The summed E-state index contributed by atoms with van der Waals surface area (Å²) in [5.41, 5.74) is 3.58. The van der Waals surface area contributed by atoms with Crippen LogP contribution in [0.1, 0.15) is 32.9 Å². The summed E-state index contributed by atoms with van der Waals surface area (Å²) in [5, 5.41) is 5.03. The SMILES string of the molecule is CCn1ncc(-c2nc3c(OC4CCN(SC(C)C)C4)ncnc3n2C)c1C. The first-order chi connectivity index (χ1) is 13.5. The standard InChI is InChI=1S/C19H27N7OS/c1-6-26-13(4)15(9-22-26)17-23-16-18(24(17)5)20-11-21-19(16)27-14-7-8-25(10-14)28-12(2)3/h9,11-12,14H,6-8,10H2,1-5H3. The van der Waals surface area contributed by atoms with Crippen molar-refractivity contribution in [3.8, 4) is 17.3 Å². The van der Waals surface area contributed by atoms with Crippen molar-refractivity contribution in [3.05, 3.63) is 18.2 Å². The number of nitrogens with zero attached hydrogens (tertiary/aromatic N) is 7. The molecule has 150 valence electrons. The Hall–Kier alpha value is -2.13. The molecule has 1 unspecified atom stereocenters. The molecule has 0 N–H and O–H groups in total. The Morgan fingerprint density at radius 1 is 1.32 bits per heavy atom. The van der Waals surface area contributed by atoms with E-state index in [0.29, 0.717) is 16.6 Å². The molecular formula is C19H27N7OS. The lowest BCUT2D eigenvalue weighted by Gasteiger charge is -2.17. The number of hydrogen-bond donors (Lipinski definition) is 0. The van der Waals surface area contributed by atoms with Crippen molar-refractivity contribution in [3.63, 3.8) is 0 Å². The van der Waals surface area contributed by atoms with Gasteiger partial charge in [-0.2, -0.15) is 10.1 Å². The van der Waals surface area contributed by atoms with Gasteiger partial charge in [-0.15, -0.1) is 0 Å². The molecule has 1 atom stereocenters. The monoisotopic (exact) mass is 401 g/mol. The van der Waals surface area contributed by atoms with Gasteiger partial charge < -0.3 is 9.30 Å². The third kappa shape index (κ3) is 3.48. The average Bonchev–Trinajstić information content (AvgIpc) is 3.33. The van der Waals surface area contributed by atoms with Crippen molar-refractivity contribution in [1.29, 1.82) is 0 Å². The van der Waals surface area contributed by atoms with Gasteiger partial charge in [0.1, 0.15) is 18.3 Å². The Kier molecular flexibility index (Phi) is 5.29. The van der Waals surface area contributed by atoms with Gasteiger partial charge in [0, 0.05) is 37.6 Å². The van der Waals surface area contributed by atoms with Crippen LogP contribution in [-0.2, 0) is 13.6 Å². The van der Waals surface area contributed by atoms with Gasteiger partial charge in [0.2, 0.25) is 5.88 Å². The van der Waals surface area contributed by atoms with Crippen LogP contribution < -0.4 is 4.74 Å². The maximum absolute atomic E-state index is 6.26. The molecule has 0 radical (unpaired) electrons. The number of ether oxygens (including phenoxy) is 1. The first kappa shape index (κ1) is 19.2. The van der Waals surface area contributed by atoms with Crippen LogP contribution in [0.2, 0.25) is 0 Å². The van der Waals surface area contributed by atoms with Gasteiger partial charge in [-0.3, -0.25) is 4.68 Å². The van der Waals surface area contributed by atoms with Gasteiger partial charge in [-0.05, 0) is 20.3 Å². The van der Waals surface area contributed by atoms with Crippen molar-refractivity contribution in [1.82, 2.24) is 33.6 Å². The van der Waals surface area contributed by atoms with E-state index in [1.54, 1.807) is 6.33 Å². The molecule has 1 aliphatic rings. The van der Waals surface area contributed by atoms with Gasteiger partial charge in [-0.25, -0.2) is 14.3 Å². The third-order valence-corrected chi connectivity index (χ3v) is 6.06. The van der Waals surface area contributed by atoms with Crippen molar-refractivity contribution in [2.75, 3.05) is 13.1 Å². The summed E-state index contributed by atoms with van der Waals surface area (Å²) in [6.07, 6.45) is 4.54. The molecule has 3 aromatic heterocycles. The highest BCUT2D eigenvalue weighted by molar-refractivity contribution is 7.97. The largest absolute Gasteiger partial charge is 0.471 e. The van der Waals surface area contributed by atoms with Gasteiger partial charge >= 0.3 is 0 Å². The summed E-state index contributed by atoms with van der Waals surface area (Å²) in [5.74, 6) is 1.40. The molecule has 1 fully saturated rings. The molecule has 4 rings (SSSR count). The summed E-state index contributed by atoms with van der Waals surface area (Å²) < 4.78 is 12.6. The minimum Gasteiger partial charge on any atom is -0.471 e. The third-order valence-electron chi connectivity index (χ3n) is 5.01. The molecule has 1 saturated heterocycles. The summed E-state index contributed by atoms with van der Waals surface area (Å²) in [6.45, 7) is 11.3. The zero-order valence-electron chi connectivity index (χ0n) is 17.1. The molecular weight excluding hydrogens is 374 g/mol. The van der Waals surface area contributed by atoms with E-state index in [9.17, 15) is 0 Å². The summed E-state index contributed by atoms with van der Waals surface area (Å²) in [4.78, 5) is 13.7. The molecule has 0 aliphatic carbocycles. The molecule has 8 nitrogen and oxygen atoms in total. The number of fused-ring (bicyclic) bond motifs is 1. The zero-order valence-corrected chi connectivity index (χ0v) is 17.9. The minimum atomic E-state index is 0.124. The van der Waals surface area contributed by atoms with Crippen LogP contribution in [0.5, 0.6) is 5.88 Å². The van der Waals surface area contributed by atoms with E-state index in [4.69, 9.17) is 9.72 Å². The summed E-state index contributed by atoms with van der Waals surface area (Å²) in [6, 6.07) is 0. The van der Waals surface area contributed by atoms with Crippen LogP contribution in [0.25, 0.3) is 22.6 Å². The van der Waals surface area contributed by atoms with Crippen molar-refractivity contribution in [2.45, 2.75) is 52.0 Å². The van der Waals surface area contributed by atoms with Crippen LogP contribution in [-0.4, -0.2) is 58.0 Å². The van der Waals surface area contributed by atoms with Crippen molar-refractivity contribution < 1.29 is 4.74 Å². The lowest BCUT2D eigenvalue weighted by molar-refractivity contribution is 0.210. The molecule has 0 saturated carbocycles. The quantitative estimate of drug-likeness (QED) is 0.588. The van der Waals surface area contributed by atoms with Crippen LogP contribution in [0.3, 0.4) is 0 Å². The molecule has 0 spiro atoms. The fourth-order valence-corrected chi connectivity index (χ4v) is 4.70. The number of rotatable bonds is 6. The maximum atomic E-state index is 6.26. The highest BCUT2D eigenvalue weighted by Gasteiger charge is 2.27. The van der Waals surface area contributed by atoms with E-state index < -0.39 is 0 Å². The molecule has 0 aromatic carbocycles. The average molecular weight is 402 g/mol. The minimum absolute atomic E-state index is 0.124. The van der Waals surface area contributed by atoms with Crippen molar-refractivity contribution in [2.24, 2.45) is 7.05 Å². The molecule has 4 heterocycles. The first-order valence-electron chi connectivity index (χ1n) is 9.76. The lowest BCUT2D eigenvalue weighted by Crippen LogP contribution is -2.22. The number of aryl methyl sites for hydroxylation is 2. The van der Waals surface area contributed by atoms with Gasteiger partial charge in [0.05, 0.1) is 11.8 Å². The first-order valence-corrected chi connectivity index (χ1v) is 10.6. The predicted molar refractivity (Wildman–Crippen MR) is 111 cm³/mol. The van der Waals surface area contributed by atoms with Gasteiger partial charge in [0.15, 0.2) is 11.2 Å². The lowest BCUT2D eigenvalue weighted by atomic mass is 10.2. The molecule has 0 bridgehead atoms. The zero-order chi connectivity index (χ0) is 19.8. The second-order valence-electron chi connectivity index (χ2n) is 7.38. The molecule has 28 heavy (non-hydrogen) atoms. The highest BCUT2D eigenvalue weighted by atomic mass is 32.2. The van der Waals surface area contributed by atoms with E-state index in [2.05, 4.69) is 47.1 Å². The Labute approximate surface area is 169 Å². The fourth-order valence-electron chi connectivity index (χ4n) is 3.64. The topological polar surface area (TPSA) is 73.9 Å². The van der Waals surface area contributed by atoms with Crippen LogP contribution in [0.4, 0.5) is 0 Å². The van der Waals surface area contributed by atoms with Crippen LogP contribution >= 0.6 is 11.9 Å². The van der Waals surface area contributed by atoms with Crippen LogP contribution in [0, 0.1) is 6.92 Å². The Morgan fingerprint density at radius 2 is 2.14 bits per heavy atom. The van der Waals surface area contributed by atoms with Crippen molar-refractivity contribution >= 4 is 23.1 Å². The Bertz CT molecular complexity index is 980. The van der Waals surface area contributed by atoms with Crippen LogP contribution in [0.15, 0.2) is 12.5 Å². The normalized spacial score (nSPS) is 17.9. The van der Waals surface area contributed by atoms with E-state index >= 15 is 0 Å². The van der Waals surface area contributed by atoms with Gasteiger partial charge in [0.25, 0.3) is 0 Å². The fraction of sp³-hybridized carbons (Fsp3) is 0.579. The molecule has 0 amide bonds. The Morgan fingerprint density at radius 3 is 2.86 bits per heavy atom. The van der Waals surface area contributed by atoms with Gasteiger partial charge in [-0.1, -0.05) is 25.8 Å². The summed E-state index contributed by atoms with van der Waals surface area (Å²) >= 11 is 1.88. The maximum Gasteiger partial charge on any atom is 0.245 e. The van der Waals surface area contributed by atoms with E-state index in [1.807, 2.05) is 34.4 Å². The van der Waals surface area contributed by atoms with E-state index in [-0.39, 0.29) is 6.10 Å². The molecule has 1 aliphatic heterocycles. The second kappa shape index (κ2) is 7.71. The Balaban J connectivity index is 1.63. The molecule has 9 heteroatoms. The predicted octanol–water partition coefficient (Wildman–Crippen LogP) is 3.06. The smallest absolute Gasteiger partial charge is 0.245 e.